The topological polar surface area (TPSA) is 50.7 Å². The number of hydrogen-bond donors (Lipinski definition) is 1. The van der Waals surface area contributed by atoms with Crippen LogP contribution in [0, 0.1) is 11.6 Å². The van der Waals surface area contributed by atoms with E-state index in [9.17, 15) is 13.6 Å². The summed E-state index contributed by atoms with van der Waals surface area (Å²) in [4.78, 5) is 11.9. The van der Waals surface area contributed by atoms with E-state index >= 15 is 0 Å². The van der Waals surface area contributed by atoms with Crippen LogP contribution >= 0.6 is 15.9 Å². The van der Waals surface area contributed by atoms with Crippen LogP contribution in [-0.2, 0) is 0 Å². The first-order valence-corrected chi connectivity index (χ1v) is 6.93. The Morgan fingerprint density at radius 2 is 2.09 bits per heavy atom. The van der Waals surface area contributed by atoms with Gasteiger partial charge in [0.05, 0.1) is 17.8 Å². The molecule has 0 aliphatic rings. The third kappa shape index (κ3) is 3.67. The first-order valence-electron chi connectivity index (χ1n) is 6.14. The fraction of sp³-hybridized carbons (Fsp3) is 0.0667. The maximum absolute atomic E-state index is 13.4. The molecule has 4 nitrogen and oxygen atoms in total. The Kier molecular flexibility index (Phi) is 5.21. The number of ether oxygens (including phenoxy) is 1. The number of hydrogen-bond acceptors (Lipinski definition) is 3. The summed E-state index contributed by atoms with van der Waals surface area (Å²) in [5.74, 6) is -1.90. The molecule has 0 saturated carbocycles. The molecular formula is C15H11BrF2N2O2. The predicted octanol–water partition coefficient (Wildman–Crippen LogP) is 3.50. The van der Waals surface area contributed by atoms with Crippen molar-refractivity contribution in [1.29, 1.82) is 0 Å². The van der Waals surface area contributed by atoms with Gasteiger partial charge >= 0.3 is 0 Å². The van der Waals surface area contributed by atoms with E-state index in [0.717, 1.165) is 12.3 Å². The van der Waals surface area contributed by atoms with E-state index in [1.807, 2.05) is 0 Å². The van der Waals surface area contributed by atoms with Gasteiger partial charge in [0.15, 0.2) is 11.6 Å². The van der Waals surface area contributed by atoms with Crippen molar-refractivity contribution in [3.8, 4) is 5.75 Å². The molecule has 0 spiro atoms. The number of halogens is 3. The molecular weight excluding hydrogens is 358 g/mol. The Bertz CT molecular complexity index is 735. The van der Waals surface area contributed by atoms with Crippen LogP contribution in [0.15, 0.2) is 46.0 Å². The van der Waals surface area contributed by atoms with E-state index in [4.69, 9.17) is 4.74 Å². The average molecular weight is 369 g/mol. The van der Waals surface area contributed by atoms with Crippen molar-refractivity contribution in [1.82, 2.24) is 5.43 Å². The van der Waals surface area contributed by atoms with Gasteiger partial charge in [0.25, 0.3) is 5.91 Å². The van der Waals surface area contributed by atoms with Crippen LogP contribution in [-0.4, -0.2) is 19.2 Å². The Morgan fingerprint density at radius 3 is 2.77 bits per heavy atom. The van der Waals surface area contributed by atoms with Crippen molar-refractivity contribution in [2.45, 2.75) is 0 Å². The van der Waals surface area contributed by atoms with Crippen LogP contribution in [0.3, 0.4) is 0 Å². The van der Waals surface area contributed by atoms with E-state index in [1.165, 1.54) is 19.2 Å². The summed E-state index contributed by atoms with van der Waals surface area (Å²) in [6, 6.07) is 8.43. The zero-order chi connectivity index (χ0) is 16.1. The van der Waals surface area contributed by atoms with Gasteiger partial charge in [-0.25, -0.2) is 14.2 Å². The van der Waals surface area contributed by atoms with Crippen LogP contribution in [0.1, 0.15) is 15.9 Å². The predicted molar refractivity (Wildman–Crippen MR) is 82.1 cm³/mol. The molecule has 1 N–H and O–H groups in total. The number of hydrazone groups is 1. The molecule has 0 unspecified atom stereocenters. The quantitative estimate of drug-likeness (QED) is 0.663. The molecule has 22 heavy (non-hydrogen) atoms. The minimum absolute atomic E-state index is 0.0591. The lowest BCUT2D eigenvalue weighted by Crippen LogP contribution is -2.17. The maximum atomic E-state index is 13.4. The average Bonchev–Trinajstić information content (AvgIpc) is 2.51. The summed E-state index contributed by atoms with van der Waals surface area (Å²) in [6.45, 7) is 0. The number of benzene rings is 2. The number of nitrogens with one attached hydrogen (secondary N) is 1. The van der Waals surface area contributed by atoms with Gasteiger partial charge in [-0.2, -0.15) is 5.10 Å². The van der Waals surface area contributed by atoms with Crippen molar-refractivity contribution < 1.29 is 18.3 Å². The molecule has 0 aliphatic heterocycles. The van der Waals surface area contributed by atoms with E-state index < -0.39 is 17.5 Å². The Labute approximate surface area is 133 Å². The SMILES string of the molecule is COc1ccc(C(=O)NN=Cc2cccc(F)c2F)cc1Br. The van der Waals surface area contributed by atoms with E-state index in [0.29, 0.717) is 15.8 Å². The lowest BCUT2D eigenvalue weighted by Gasteiger charge is -2.05. The molecule has 0 atom stereocenters. The number of methoxy groups -OCH3 is 1. The summed E-state index contributed by atoms with van der Waals surface area (Å²) in [5.41, 5.74) is 2.52. The lowest BCUT2D eigenvalue weighted by molar-refractivity contribution is 0.0955. The van der Waals surface area contributed by atoms with Crippen molar-refractivity contribution in [3.63, 3.8) is 0 Å². The molecule has 0 bridgehead atoms. The largest absolute Gasteiger partial charge is 0.496 e. The number of amides is 1. The molecule has 0 fully saturated rings. The van der Waals surface area contributed by atoms with Gasteiger partial charge in [-0.1, -0.05) is 12.1 Å². The number of carbonyl (C=O) groups excluding carboxylic acids is 1. The maximum Gasteiger partial charge on any atom is 0.271 e. The molecule has 114 valence electrons. The van der Waals surface area contributed by atoms with Crippen LogP contribution < -0.4 is 10.2 Å². The van der Waals surface area contributed by atoms with Crippen LogP contribution in [0.25, 0.3) is 0 Å². The van der Waals surface area contributed by atoms with Gasteiger partial charge in [-0.15, -0.1) is 0 Å². The van der Waals surface area contributed by atoms with Gasteiger partial charge in [0, 0.05) is 11.1 Å². The highest BCUT2D eigenvalue weighted by Crippen LogP contribution is 2.25. The van der Waals surface area contributed by atoms with Crippen molar-refractivity contribution >= 4 is 28.1 Å². The highest BCUT2D eigenvalue weighted by atomic mass is 79.9. The van der Waals surface area contributed by atoms with E-state index in [1.54, 1.807) is 18.2 Å². The smallest absolute Gasteiger partial charge is 0.271 e. The molecule has 0 heterocycles. The summed E-state index contributed by atoms with van der Waals surface area (Å²) in [5, 5.41) is 3.61. The minimum Gasteiger partial charge on any atom is -0.496 e. The number of carbonyl (C=O) groups is 1. The summed E-state index contributed by atoms with van der Waals surface area (Å²) in [6.07, 6.45) is 1.04. The van der Waals surface area contributed by atoms with Crippen molar-refractivity contribution in [2.24, 2.45) is 5.10 Å². The second-order valence-corrected chi connectivity index (χ2v) is 5.05. The zero-order valence-electron chi connectivity index (χ0n) is 11.4. The molecule has 0 radical (unpaired) electrons. The monoisotopic (exact) mass is 368 g/mol. The summed E-state index contributed by atoms with van der Waals surface area (Å²) < 4.78 is 32.1. The van der Waals surface area contributed by atoms with Gasteiger partial charge in [0.2, 0.25) is 0 Å². The van der Waals surface area contributed by atoms with E-state index in [2.05, 4.69) is 26.5 Å². The molecule has 0 saturated heterocycles. The highest BCUT2D eigenvalue weighted by Gasteiger charge is 2.08. The fourth-order valence-corrected chi connectivity index (χ4v) is 2.19. The summed E-state index contributed by atoms with van der Waals surface area (Å²) in [7, 11) is 1.51. The third-order valence-corrected chi connectivity index (χ3v) is 3.38. The number of nitrogens with zero attached hydrogens (tertiary/aromatic N) is 1. The Morgan fingerprint density at radius 1 is 1.32 bits per heavy atom. The minimum atomic E-state index is -1.02. The molecule has 2 rings (SSSR count). The molecule has 2 aromatic rings. The third-order valence-electron chi connectivity index (χ3n) is 2.77. The first-order chi connectivity index (χ1) is 10.5. The van der Waals surface area contributed by atoms with Crippen molar-refractivity contribution in [3.05, 3.63) is 63.6 Å². The van der Waals surface area contributed by atoms with Crippen molar-refractivity contribution in [2.75, 3.05) is 7.11 Å². The highest BCUT2D eigenvalue weighted by molar-refractivity contribution is 9.10. The summed E-state index contributed by atoms with van der Waals surface area (Å²) >= 11 is 3.26. The molecule has 2 aromatic carbocycles. The van der Waals surface area contributed by atoms with Crippen LogP contribution in [0.5, 0.6) is 5.75 Å². The molecule has 7 heteroatoms. The first kappa shape index (κ1) is 16.1. The van der Waals surface area contributed by atoms with E-state index in [-0.39, 0.29) is 5.56 Å². The fourth-order valence-electron chi connectivity index (χ4n) is 1.65. The Hall–Kier alpha value is -2.28. The molecule has 0 aliphatic carbocycles. The van der Waals surface area contributed by atoms with Gasteiger partial charge in [-0.05, 0) is 40.2 Å². The molecule has 1 amide bonds. The Balaban J connectivity index is 2.08. The van der Waals surface area contributed by atoms with Crippen LogP contribution in [0.4, 0.5) is 8.78 Å². The van der Waals surface area contributed by atoms with Gasteiger partial charge in [0.1, 0.15) is 5.75 Å². The van der Waals surface area contributed by atoms with Gasteiger partial charge < -0.3 is 4.74 Å². The second kappa shape index (κ2) is 7.13. The molecule has 0 aromatic heterocycles. The normalized spacial score (nSPS) is 10.7. The number of rotatable bonds is 4. The standard InChI is InChI=1S/C15H11BrF2N2O2/c1-22-13-6-5-9(7-11(13)16)15(21)20-19-8-10-3-2-4-12(17)14(10)18/h2-8H,1H3,(H,20,21). The zero-order valence-corrected chi connectivity index (χ0v) is 13.0. The van der Waals surface area contributed by atoms with Gasteiger partial charge in [-0.3, -0.25) is 4.79 Å². The van der Waals surface area contributed by atoms with Crippen LogP contribution in [0.2, 0.25) is 0 Å². The second-order valence-electron chi connectivity index (χ2n) is 4.19. The lowest BCUT2D eigenvalue weighted by atomic mass is 10.2.